The normalized spacial score (nSPS) is 10.8. The zero-order chi connectivity index (χ0) is 13.8. The molecule has 0 saturated heterocycles. The van der Waals surface area contributed by atoms with Crippen molar-refractivity contribution in [2.75, 3.05) is 0 Å². The Morgan fingerprint density at radius 2 is 2.00 bits per heavy atom. The maximum absolute atomic E-state index is 13.6. The van der Waals surface area contributed by atoms with Gasteiger partial charge in [0.25, 0.3) is 0 Å². The predicted molar refractivity (Wildman–Crippen MR) is 73.8 cm³/mol. The van der Waals surface area contributed by atoms with Crippen molar-refractivity contribution in [3.63, 3.8) is 0 Å². The van der Waals surface area contributed by atoms with Gasteiger partial charge < -0.3 is 4.74 Å². The van der Waals surface area contributed by atoms with Crippen LogP contribution in [0, 0.1) is 12.7 Å². The van der Waals surface area contributed by atoms with Gasteiger partial charge in [-0.05, 0) is 48.2 Å². The number of hydrogen-bond acceptors (Lipinski definition) is 2. The Bertz CT molecular complexity index is 549. The van der Waals surface area contributed by atoms with Gasteiger partial charge in [-0.1, -0.05) is 19.9 Å². The fraction of sp³-hybridized carbons (Fsp3) is 0.312. The molecule has 19 heavy (non-hydrogen) atoms. The average molecular weight is 259 g/mol. The van der Waals surface area contributed by atoms with Gasteiger partial charge in [0.15, 0.2) is 0 Å². The van der Waals surface area contributed by atoms with E-state index in [1.54, 1.807) is 12.3 Å². The van der Waals surface area contributed by atoms with E-state index in [0.29, 0.717) is 6.61 Å². The molecule has 1 aromatic heterocycles. The van der Waals surface area contributed by atoms with Crippen LogP contribution in [0.25, 0.3) is 0 Å². The standard InChI is InChI=1S/C16H18FNO/c1-11(2)15-8-13(5-7-16(15)17)10-19-14-6-4-12(3)18-9-14/h4-9,11H,10H2,1-3H3. The second-order valence-electron chi connectivity index (χ2n) is 4.93. The monoisotopic (exact) mass is 259 g/mol. The van der Waals surface area contributed by atoms with Gasteiger partial charge in [0, 0.05) is 5.69 Å². The molecule has 0 radical (unpaired) electrons. The number of halogens is 1. The van der Waals surface area contributed by atoms with E-state index in [4.69, 9.17) is 4.74 Å². The topological polar surface area (TPSA) is 22.1 Å². The molecular formula is C16H18FNO. The minimum Gasteiger partial charge on any atom is -0.487 e. The third-order valence-corrected chi connectivity index (χ3v) is 2.97. The van der Waals surface area contributed by atoms with Crippen LogP contribution in [0.15, 0.2) is 36.5 Å². The maximum Gasteiger partial charge on any atom is 0.138 e. The summed E-state index contributed by atoms with van der Waals surface area (Å²) in [5, 5.41) is 0. The molecule has 1 heterocycles. The molecule has 0 fully saturated rings. The fourth-order valence-electron chi connectivity index (χ4n) is 1.83. The first-order chi connectivity index (χ1) is 9.06. The Labute approximate surface area is 113 Å². The van der Waals surface area contributed by atoms with E-state index in [0.717, 1.165) is 22.6 Å². The van der Waals surface area contributed by atoms with E-state index < -0.39 is 0 Å². The van der Waals surface area contributed by atoms with Crippen molar-refractivity contribution in [2.24, 2.45) is 0 Å². The Morgan fingerprint density at radius 3 is 2.63 bits per heavy atom. The van der Waals surface area contributed by atoms with Gasteiger partial charge in [0.05, 0.1) is 6.20 Å². The van der Waals surface area contributed by atoms with Crippen LogP contribution in [0.5, 0.6) is 5.75 Å². The number of benzene rings is 1. The molecule has 1 aromatic carbocycles. The Morgan fingerprint density at radius 1 is 1.21 bits per heavy atom. The minimum atomic E-state index is -0.157. The lowest BCUT2D eigenvalue weighted by Crippen LogP contribution is -2.00. The van der Waals surface area contributed by atoms with E-state index >= 15 is 0 Å². The zero-order valence-corrected chi connectivity index (χ0v) is 11.5. The lowest BCUT2D eigenvalue weighted by molar-refractivity contribution is 0.304. The summed E-state index contributed by atoms with van der Waals surface area (Å²) in [5.41, 5.74) is 2.64. The number of ether oxygens (including phenoxy) is 1. The molecule has 100 valence electrons. The van der Waals surface area contributed by atoms with Crippen molar-refractivity contribution >= 4 is 0 Å². The molecule has 2 aromatic rings. The smallest absolute Gasteiger partial charge is 0.138 e. The van der Waals surface area contributed by atoms with Crippen molar-refractivity contribution < 1.29 is 9.13 Å². The van der Waals surface area contributed by atoms with Crippen LogP contribution in [0.3, 0.4) is 0 Å². The number of pyridine rings is 1. The molecule has 3 heteroatoms. The highest BCUT2D eigenvalue weighted by atomic mass is 19.1. The lowest BCUT2D eigenvalue weighted by Gasteiger charge is -2.11. The van der Waals surface area contributed by atoms with Crippen molar-refractivity contribution in [1.82, 2.24) is 4.98 Å². The van der Waals surface area contributed by atoms with E-state index in [9.17, 15) is 4.39 Å². The predicted octanol–water partition coefficient (Wildman–Crippen LogP) is 4.23. The van der Waals surface area contributed by atoms with Crippen molar-refractivity contribution in [3.8, 4) is 5.75 Å². The molecule has 2 nitrogen and oxygen atoms in total. The molecular weight excluding hydrogens is 241 g/mol. The van der Waals surface area contributed by atoms with Crippen LogP contribution in [0.2, 0.25) is 0 Å². The molecule has 0 aliphatic carbocycles. The summed E-state index contributed by atoms with van der Waals surface area (Å²) in [6.45, 7) is 6.31. The first-order valence-corrected chi connectivity index (χ1v) is 6.40. The number of nitrogens with zero attached hydrogens (tertiary/aromatic N) is 1. The molecule has 0 amide bonds. The summed E-state index contributed by atoms with van der Waals surface area (Å²) in [6.07, 6.45) is 1.70. The quantitative estimate of drug-likeness (QED) is 0.819. The van der Waals surface area contributed by atoms with Gasteiger partial charge in [-0.3, -0.25) is 4.98 Å². The summed E-state index contributed by atoms with van der Waals surface area (Å²) in [4.78, 5) is 4.17. The number of hydrogen-bond donors (Lipinski definition) is 0. The molecule has 0 saturated carbocycles. The van der Waals surface area contributed by atoms with Gasteiger partial charge in [-0.15, -0.1) is 0 Å². The van der Waals surface area contributed by atoms with Crippen molar-refractivity contribution in [2.45, 2.75) is 33.3 Å². The Kier molecular flexibility index (Phi) is 4.15. The fourth-order valence-corrected chi connectivity index (χ4v) is 1.83. The summed E-state index contributed by atoms with van der Waals surface area (Å²) >= 11 is 0. The molecule has 0 atom stereocenters. The summed E-state index contributed by atoms with van der Waals surface area (Å²) in [5.74, 6) is 0.734. The highest BCUT2D eigenvalue weighted by Crippen LogP contribution is 2.20. The molecule has 0 aliphatic rings. The van der Waals surface area contributed by atoms with Gasteiger partial charge in [0.1, 0.15) is 18.2 Å². The van der Waals surface area contributed by atoms with E-state index in [1.807, 2.05) is 39.0 Å². The third kappa shape index (κ3) is 3.53. The van der Waals surface area contributed by atoms with Crippen LogP contribution in [-0.4, -0.2) is 4.98 Å². The highest BCUT2D eigenvalue weighted by molar-refractivity contribution is 5.28. The highest BCUT2D eigenvalue weighted by Gasteiger charge is 2.07. The molecule has 0 aliphatic heterocycles. The second-order valence-corrected chi connectivity index (χ2v) is 4.93. The number of rotatable bonds is 4. The molecule has 0 N–H and O–H groups in total. The summed E-state index contributed by atoms with van der Waals surface area (Å²) in [6, 6.07) is 8.90. The average Bonchev–Trinajstić information content (AvgIpc) is 2.39. The summed E-state index contributed by atoms with van der Waals surface area (Å²) < 4.78 is 19.2. The molecule has 0 bridgehead atoms. The van der Waals surface area contributed by atoms with E-state index in [1.165, 1.54) is 6.07 Å². The van der Waals surface area contributed by atoms with Crippen LogP contribution < -0.4 is 4.74 Å². The SMILES string of the molecule is Cc1ccc(OCc2ccc(F)c(C(C)C)c2)cn1. The third-order valence-electron chi connectivity index (χ3n) is 2.97. The minimum absolute atomic E-state index is 0.157. The summed E-state index contributed by atoms with van der Waals surface area (Å²) in [7, 11) is 0. The van der Waals surface area contributed by atoms with Gasteiger partial charge in [-0.2, -0.15) is 0 Å². The van der Waals surface area contributed by atoms with Crippen LogP contribution in [0.1, 0.15) is 36.6 Å². The van der Waals surface area contributed by atoms with E-state index in [2.05, 4.69) is 4.98 Å². The van der Waals surface area contributed by atoms with E-state index in [-0.39, 0.29) is 11.7 Å². The van der Waals surface area contributed by atoms with Gasteiger partial charge >= 0.3 is 0 Å². The Balaban J connectivity index is 2.07. The first kappa shape index (κ1) is 13.5. The molecule has 0 spiro atoms. The Hall–Kier alpha value is -1.90. The molecule has 2 rings (SSSR count). The van der Waals surface area contributed by atoms with Gasteiger partial charge in [-0.25, -0.2) is 4.39 Å². The second kappa shape index (κ2) is 5.83. The van der Waals surface area contributed by atoms with Crippen molar-refractivity contribution in [1.29, 1.82) is 0 Å². The largest absolute Gasteiger partial charge is 0.487 e. The van der Waals surface area contributed by atoms with Crippen molar-refractivity contribution in [3.05, 3.63) is 59.2 Å². The van der Waals surface area contributed by atoms with Gasteiger partial charge in [0.2, 0.25) is 0 Å². The maximum atomic E-state index is 13.6. The number of aromatic nitrogens is 1. The lowest BCUT2D eigenvalue weighted by atomic mass is 10.0. The number of aryl methyl sites for hydroxylation is 1. The first-order valence-electron chi connectivity index (χ1n) is 6.40. The molecule has 0 unspecified atom stereocenters. The van der Waals surface area contributed by atoms with Crippen LogP contribution in [-0.2, 0) is 6.61 Å². The van der Waals surface area contributed by atoms with Crippen LogP contribution >= 0.6 is 0 Å². The zero-order valence-electron chi connectivity index (χ0n) is 11.5. The van der Waals surface area contributed by atoms with Crippen LogP contribution in [0.4, 0.5) is 4.39 Å².